The zero-order valence-corrected chi connectivity index (χ0v) is 10.7. The molecule has 0 atom stereocenters. The molecule has 2 heterocycles. The number of nitrogens with zero attached hydrogens (tertiary/aromatic N) is 3. The number of nitrogens with two attached hydrogens (primary N) is 1. The Morgan fingerprint density at radius 1 is 1.38 bits per heavy atom. The first-order valence-electron chi connectivity index (χ1n) is 5.82. The molecule has 0 radical (unpaired) electrons. The summed E-state index contributed by atoms with van der Waals surface area (Å²) in [6, 6.07) is 0. The van der Waals surface area contributed by atoms with Gasteiger partial charge in [0, 0.05) is 56.8 Å². The minimum atomic E-state index is 0.617. The molecule has 1 aromatic heterocycles. The highest BCUT2D eigenvalue weighted by atomic mass is 32.1. The van der Waals surface area contributed by atoms with Crippen LogP contribution in [0, 0.1) is 0 Å². The zero-order valence-electron chi connectivity index (χ0n) is 9.85. The molecule has 2 N–H and O–H groups in total. The molecular formula is C11H20N4S. The Labute approximate surface area is 101 Å². The van der Waals surface area contributed by atoms with Gasteiger partial charge in [-0.1, -0.05) is 0 Å². The Balaban J connectivity index is 1.74. The normalized spacial score (nSPS) is 19.1. The summed E-state index contributed by atoms with van der Waals surface area (Å²) in [6.45, 7) is 6.49. The Morgan fingerprint density at radius 2 is 2.12 bits per heavy atom. The van der Waals surface area contributed by atoms with Crippen molar-refractivity contribution in [3.05, 3.63) is 16.1 Å². The molecule has 0 bridgehead atoms. The molecule has 90 valence electrons. The van der Waals surface area contributed by atoms with Crippen LogP contribution in [0.4, 0.5) is 0 Å². The number of likely N-dealkylation sites (N-methyl/N-ethyl adjacent to an activating group) is 1. The van der Waals surface area contributed by atoms with E-state index in [9.17, 15) is 0 Å². The first kappa shape index (κ1) is 12.0. The third-order valence-electron chi connectivity index (χ3n) is 3.04. The monoisotopic (exact) mass is 240 g/mol. The summed E-state index contributed by atoms with van der Waals surface area (Å²) >= 11 is 1.75. The third-order valence-corrected chi connectivity index (χ3v) is 4.12. The minimum Gasteiger partial charge on any atom is -0.326 e. The smallest absolute Gasteiger partial charge is 0.0940 e. The topological polar surface area (TPSA) is 45.4 Å². The van der Waals surface area contributed by atoms with Gasteiger partial charge in [0.15, 0.2) is 0 Å². The van der Waals surface area contributed by atoms with Gasteiger partial charge in [0.25, 0.3) is 0 Å². The molecule has 1 fully saturated rings. The van der Waals surface area contributed by atoms with Crippen molar-refractivity contribution in [1.82, 2.24) is 14.8 Å². The number of piperazine rings is 1. The van der Waals surface area contributed by atoms with Crippen LogP contribution in [-0.4, -0.2) is 54.6 Å². The van der Waals surface area contributed by atoms with Gasteiger partial charge >= 0.3 is 0 Å². The van der Waals surface area contributed by atoms with Crippen LogP contribution in [0.1, 0.15) is 9.88 Å². The molecule has 0 spiro atoms. The third kappa shape index (κ3) is 3.25. The maximum absolute atomic E-state index is 5.57. The number of aromatic nitrogens is 1. The van der Waals surface area contributed by atoms with Crippen molar-refractivity contribution in [2.24, 2.45) is 5.73 Å². The van der Waals surface area contributed by atoms with Crippen molar-refractivity contribution < 1.29 is 0 Å². The molecule has 2 rings (SSSR count). The fourth-order valence-corrected chi connectivity index (χ4v) is 2.67. The van der Waals surface area contributed by atoms with Gasteiger partial charge in [-0.15, -0.1) is 11.3 Å². The quantitative estimate of drug-likeness (QED) is 0.827. The van der Waals surface area contributed by atoms with Crippen LogP contribution in [0.15, 0.2) is 6.20 Å². The first-order valence-corrected chi connectivity index (χ1v) is 6.64. The van der Waals surface area contributed by atoms with Crippen molar-refractivity contribution in [2.75, 3.05) is 39.8 Å². The maximum Gasteiger partial charge on any atom is 0.0940 e. The number of hydrogen-bond donors (Lipinski definition) is 1. The highest BCUT2D eigenvalue weighted by Gasteiger charge is 2.13. The van der Waals surface area contributed by atoms with E-state index in [2.05, 4.69) is 21.8 Å². The summed E-state index contributed by atoms with van der Waals surface area (Å²) in [4.78, 5) is 10.5. The fourth-order valence-electron chi connectivity index (χ4n) is 1.88. The lowest BCUT2D eigenvalue weighted by Crippen LogP contribution is -2.45. The van der Waals surface area contributed by atoms with E-state index in [-0.39, 0.29) is 0 Å². The molecule has 0 aromatic carbocycles. The van der Waals surface area contributed by atoms with Gasteiger partial charge in [-0.25, -0.2) is 4.98 Å². The van der Waals surface area contributed by atoms with E-state index < -0.39 is 0 Å². The molecule has 1 saturated heterocycles. The van der Waals surface area contributed by atoms with Crippen molar-refractivity contribution in [2.45, 2.75) is 13.0 Å². The van der Waals surface area contributed by atoms with Crippen molar-refractivity contribution in [1.29, 1.82) is 0 Å². The fraction of sp³-hybridized carbons (Fsp3) is 0.727. The van der Waals surface area contributed by atoms with Gasteiger partial charge in [-0.05, 0) is 7.05 Å². The summed E-state index contributed by atoms with van der Waals surface area (Å²) in [5, 5.41) is 1.22. The highest BCUT2D eigenvalue weighted by molar-refractivity contribution is 7.11. The second-order valence-electron chi connectivity index (χ2n) is 4.32. The SMILES string of the molecule is CN1CCN(CCc2ncc(CN)s2)CC1. The van der Waals surface area contributed by atoms with Crippen LogP contribution in [-0.2, 0) is 13.0 Å². The average Bonchev–Trinajstić information content (AvgIpc) is 2.76. The van der Waals surface area contributed by atoms with E-state index in [0.717, 1.165) is 13.0 Å². The summed E-state index contributed by atoms with van der Waals surface area (Å²) in [6.07, 6.45) is 2.97. The van der Waals surface area contributed by atoms with E-state index >= 15 is 0 Å². The highest BCUT2D eigenvalue weighted by Crippen LogP contribution is 2.13. The number of rotatable bonds is 4. The van der Waals surface area contributed by atoms with Gasteiger partial charge < -0.3 is 15.5 Å². The van der Waals surface area contributed by atoms with Crippen LogP contribution >= 0.6 is 11.3 Å². The molecule has 1 aromatic rings. The van der Waals surface area contributed by atoms with E-state index in [1.54, 1.807) is 11.3 Å². The van der Waals surface area contributed by atoms with E-state index in [4.69, 9.17) is 5.73 Å². The first-order chi connectivity index (χ1) is 7.78. The van der Waals surface area contributed by atoms with E-state index in [0.29, 0.717) is 6.54 Å². The molecule has 0 aliphatic carbocycles. The molecule has 5 heteroatoms. The molecule has 1 aliphatic rings. The van der Waals surface area contributed by atoms with Crippen molar-refractivity contribution in [3.63, 3.8) is 0 Å². The zero-order chi connectivity index (χ0) is 11.4. The number of hydrogen-bond acceptors (Lipinski definition) is 5. The standard InChI is InChI=1S/C11H20N4S/c1-14-4-6-15(7-5-14)3-2-11-13-9-10(8-12)16-11/h9H,2-8,12H2,1H3. The molecule has 16 heavy (non-hydrogen) atoms. The van der Waals surface area contributed by atoms with Crippen molar-refractivity contribution in [3.8, 4) is 0 Å². The van der Waals surface area contributed by atoms with Crippen LogP contribution in [0.2, 0.25) is 0 Å². The second kappa shape index (κ2) is 5.72. The Bertz CT molecular complexity index is 318. The van der Waals surface area contributed by atoms with Crippen LogP contribution in [0.5, 0.6) is 0 Å². The van der Waals surface area contributed by atoms with E-state index in [1.165, 1.54) is 36.1 Å². The predicted octanol–water partition coefficient (Wildman–Crippen LogP) is 0.392. The van der Waals surface area contributed by atoms with E-state index in [1.807, 2.05) is 6.20 Å². The summed E-state index contributed by atoms with van der Waals surface area (Å²) in [5.41, 5.74) is 5.57. The lowest BCUT2D eigenvalue weighted by Gasteiger charge is -2.32. The molecule has 0 amide bonds. The van der Waals surface area contributed by atoms with Gasteiger partial charge in [0.1, 0.15) is 0 Å². The summed E-state index contributed by atoms with van der Waals surface area (Å²) in [5.74, 6) is 0. The largest absolute Gasteiger partial charge is 0.326 e. The lowest BCUT2D eigenvalue weighted by atomic mass is 10.3. The molecule has 1 aliphatic heterocycles. The van der Waals surface area contributed by atoms with Gasteiger partial charge in [0.05, 0.1) is 5.01 Å². The van der Waals surface area contributed by atoms with Crippen LogP contribution < -0.4 is 5.73 Å². The molecule has 0 unspecified atom stereocenters. The Hall–Kier alpha value is -0.490. The van der Waals surface area contributed by atoms with Crippen LogP contribution in [0.3, 0.4) is 0 Å². The maximum atomic E-state index is 5.57. The average molecular weight is 240 g/mol. The Morgan fingerprint density at radius 3 is 2.75 bits per heavy atom. The predicted molar refractivity (Wildman–Crippen MR) is 67.6 cm³/mol. The van der Waals surface area contributed by atoms with Gasteiger partial charge in [-0.2, -0.15) is 0 Å². The summed E-state index contributed by atoms with van der Waals surface area (Å²) in [7, 11) is 2.19. The Kier molecular flexibility index (Phi) is 4.29. The molecule has 4 nitrogen and oxygen atoms in total. The van der Waals surface area contributed by atoms with Crippen molar-refractivity contribution >= 4 is 11.3 Å². The molecular weight excluding hydrogens is 220 g/mol. The number of thiazole rings is 1. The molecule has 0 saturated carbocycles. The minimum absolute atomic E-state index is 0.617. The van der Waals surface area contributed by atoms with Crippen LogP contribution in [0.25, 0.3) is 0 Å². The van der Waals surface area contributed by atoms with Gasteiger partial charge in [0.2, 0.25) is 0 Å². The lowest BCUT2D eigenvalue weighted by molar-refractivity contribution is 0.155. The van der Waals surface area contributed by atoms with Gasteiger partial charge in [-0.3, -0.25) is 0 Å². The summed E-state index contributed by atoms with van der Waals surface area (Å²) < 4.78 is 0. The second-order valence-corrected chi connectivity index (χ2v) is 5.52.